The summed E-state index contributed by atoms with van der Waals surface area (Å²) in [5.74, 6) is 1.07. The van der Waals surface area contributed by atoms with E-state index in [2.05, 4.69) is 15.9 Å². The van der Waals surface area contributed by atoms with E-state index in [1.807, 2.05) is 19.1 Å². The first-order chi connectivity index (χ1) is 6.63. The number of ketones is 1. The summed E-state index contributed by atoms with van der Waals surface area (Å²) in [6, 6.07) is 3.81. The van der Waals surface area contributed by atoms with E-state index >= 15 is 0 Å². The van der Waals surface area contributed by atoms with Crippen LogP contribution in [0.25, 0.3) is 0 Å². The quantitative estimate of drug-likeness (QED) is 0.771. The largest absolute Gasteiger partial charge is 0.496 e. The minimum Gasteiger partial charge on any atom is -0.496 e. The van der Waals surface area contributed by atoms with Crippen molar-refractivity contribution in [2.45, 2.75) is 13.3 Å². The molecular formula is C11H11BrO2. The van der Waals surface area contributed by atoms with Crippen LogP contribution >= 0.6 is 15.9 Å². The SMILES string of the molecule is COc1cc2c(cc1Br)CC(C)C2=O. The van der Waals surface area contributed by atoms with Gasteiger partial charge in [0, 0.05) is 11.5 Å². The number of ether oxygens (including phenoxy) is 1. The van der Waals surface area contributed by atoms with Gasteiger partial charge in [-0.05, 0) is 40.0 Å². The standard InChI is InChI=1S/C11H11BrO2/c1-6-3-7-4-9(12)10(14-2)5-8(7)11(6)13/h4-6H,3H2,1-2H3. The van der Waals surface area contributed by atoms with E-state index in [9.17, 15) is 4.79 Å². The first-order valence-corrected chi connectivity index (χ1v) is 5.33. The number of hydrogen-bond donors (Lipinski definition) is 0. The third-order valence-corrected chi connectivity index (χ3v) is 3.24. The van der Waals surface area contributed by atoms with Crippen LogP contribution < -0.4 is 4.74 Å². The minimum absolute atomic E-state index is 0.115. The van der Waals surface area contributed by atoms with Gasteiger partial charge < -0.3 is 4.74 Å². The van der Waals surface area contributed by atoms with Crippen molar-refractivity contribution in [2.75, 3.05) is 7.11 Å². The Morgan fingerprint density at radius 3 is 2.86 bits per heavy atom. The Morgan fingerprint density at radius 1 is 1.50 bits per heavy atom. The third kappa shape index (κ3) is 1.36. The fraction of sp³-hybridized carbons (Fsp3) is 0.364. The normalized spacial score (nSPS) is 19.6. The van der Waals surface area contributed by atoms with Gasteiger partial charge in [0.15, 0.2) is 5.78 Å². The van der Waals surface area contributed by atoms with Crippen LogP contribution in [0.2, 0.25) is 0 Å². The molecule has 1 aliphatic rings. The molecule has 3 heteroatoms. The Bertz CT molecular complexity index is 399. The van der Waals surface area contributed by atoms with Gasteiger partial charge in [0.1, 0.15) is 5.75 Å². The first-order valence-electron chi connectivity index (χ1n) is 4.54. The molecule has 74 valence electrons. The van der Waals surface area contributed by atoms with Crippen molar-refractivity contribution in [3.8, 4) is 5.75 Å². The number of halogens is 1. The van der Waals surface area contributed by atoms with Gasteiger partial charge in [-0.3, -0.25) is 4.79 Å². The topological polar surface area (TPSA) is 26.3 Å². The molecule has 0 saturated heterocycles. The summed E-state index contributed by atoms with van der Waals surface area (Å²) in [7, 11) is 1.61. The summed E-state index contributed by atoms with van der Waals surface area (Å²) in [6.45, 7) is 1.96. The van der Waals surface area contributed by atoms with E-state index < -0.39 is 0 Å². The summed E-state index contributed by atoms with van der Waals surface area (Å²) in [5.41, 5.74) is 1.94. The van der Waals surface area contributed by atoms with Crippen molar-refractivity contribution in [2.24, 2.45) is 5.92 Å². The smallest absolute Gasteiger partial charge is 0.166 e. The van der Waals surface area contributed by atoms with Gasteiger partial charge in [-0.2, -0.15) is 0 Å². The number of hydrogen-bond acceptors (Lipinski definition) is 2. The lowest BCUT2D eigenvalue weighted by Gasteiger charge is -2.05. The van der Waals surface area contributed by atoms with Crippen LogP contribution in [-0.4, -0.2) is 12.9 Å². The Balaban J connectivity index is 2.55. The molecule has 1 atom stereocenters. The number of methoxy groups -OCH3 is 1. The summed E-state index contributed by atoms with van der Waals surface area (Å²) in [6.07, 6.45) is 0.844. The van der Waals surface area contributed by atoms with Crippen LogP contribution in [-0.2, 0) is 6.42 Å². The molecule has 1 aromatic carbocycles. The molecule has 0 aromatic heterocycles. The monoisotopic (exact) mass is 254 g/mol. The van der Waals surface area contributed by atoms with Gasteiger partial charge in [0.2, 0.25) is 0 Å². The van der Waals surface area contributed by atoms with E-state index in [4.69, 9.17) is 4.74 Å². The van der Waals surface area contributed by atoms with E-state index in [0.717, 1.165) is 27.8 Å². The van der Waals surface area contributed by atoms with E-state index in [1.54, 1.807) is 7.11 Å². The predicted octanol–water partition coefficient (Wildman–Crippen LogP) is 2.83. The van der Waals surface area contributed by atoms with Crippen molar-refractivity contribution in [3.05, 3.63) is 27.7 Å². The maximum absolute atomic E-state index is 11.7. The van der Waals surface area contributed by atoms with Crippen molar-refractivity contribution < 1.29 is 9.53 Å². The Morgan fingerprint density at radius 2 is 2.21 bits per heavy atom. The number of carbonyl (C=O) groups is 1. The average molecular weight is 255 g/mol. The van der Waals surface area contributed by atoms with Gasteiger partial charge in [-0.25, -0.2) is 0 Å². The highest BCUT2D eigenvalue weighted by Gasteiger charge is 2.28. The zero-order valence-electron chi connectivity index (χ0n) is 8.13. The van der Waals surface area contributed by atoms with Crippen molar-refractivity contribution >= 4 is 21.7 Å². The molecule has 0 aliphatic heterocycles. The Labute approximate surface area is 91.4 Å². The Hall–Kier alpha value is -0.830. The first kappa shape index (κ1) is 9.71. The van der Waals surface area contributed by atoms with Crippen molar-refractivity contribution in [3.63, 3.8) is 0 Å². The molecule has 0 radical (unpaired) electrons. The van der Waals surface area contributed by atoms with E-state index in [0.29, 0.717) is 0 Å². The second kappa shape index (κ2) is 3.39. The molecule has 2 nitrogen and oxygen atoms in total. The van der Waals surface area contributed by atoms with Crippen LogP contribution in [0.5, 0.6) is 5.75 Å². The summed E-state index contributed by atoms with van der Waals surface area (Å²) >= 11 is 3.41. The highest BCUT2D eigenvalue weighted by molar-refractivity contribution is 9.10. The number of carbonyl (C=O) groups excluding carboxylic acids is 1. The summed E-state index contributed by atoms with van der Waals surface area (Å²) in [4.78, 5) is 11.7. The van der Waals surface area contributed by atoms with Crippen LogP contribution in [0, 0.1) is 5.92 Å². The van der Waals surface area contributed by atoms with Crippen LogP contribution in [0.15, 0.2) is 16.6 Å². The lowest BCUT2D eigenvalue weighted by atomic mass is 10.1. The molecule has 0 N–H and O–H groups in total. The molecule has 1 aromatic rings. The predicted molar refractivity (Wildman–Crippen MR) is 57.9 cm³/mol. The zero-order valence-corrected chi connectivity index (χ0v) is 9.72. The second-order valence-electron chi connectivity index (χ2n) is 3.61. The molecule has 14 heavy (non-hydrogen) atoms. The fourth-order valence-electron chi connectivity index (χ4n) is 1.84. The van der Waals surface area contributed by atoms with Crippen LogP contribution in [0.4, 0.5) is 0 Å². The minimum atomic E-state index is 0.115. The molecule has 1 unspecified atom stereocenters. The van der Waals surface area contributed by atoms with E-state index in [-0.39, 0.29) is 11.7 Å². The van der Waals surface area contributed by atoms with Crippen molar-refractivity contribution in [1.82, 2.24) is 0 Å². The van der Waals surface area contributed by atoms with Crippen LogP contribution in [0.1, 0.15) is 22.8 Å². The lowest BCUT2D eigenvalue weighted by molar-refractivity contribution is 0.0946. The number of Topliss-reactive ketones (excluding diaryl/α,β-unsaturated/α-hetero) is 1. The van der Waals surface area contributed by atoms with E-state index in [1.165, 1.54) is 0 Å². The summed E-state index contributed by atoms with van der Waals surface area (Å²) < 4.78 is 6.07. The maximum Gasteiger partial charge on any atom is 0.166 e. The van der Waals surface area contributed by atoms with Gasteiger partial charge in [0.25, 0.3) is 0 Å². The molecule has 0 bridgehead atoms. The van der Waals surface area contributed by atoms with Gasteiger partial charge in [0.05, 0.1) is 11.6 Å². The fourth-order valence-corrected chi connectivity index (χ4v) is 2.39. The third-order valence-electron chi connectivity index (χ3n) is 2.62. The number of fused-ring (bicyclic) bond motifs is 1. The molecule has 0 heterocycles. The number of benzene rings is 1. The molecule has 0 amide bonds. The number of rotatable bonds is 1. The molecule has 0 fully saturated rings. The highest BCUT2D eigenvalue weighted by Crippen LogP contribution is 2.34. The van der Waals surface area contributed by atoms with Gasteiger partial charge in [-0.15, -0.1) is 0 Å². The second-order valence-corrected chi connectivity index (χ2v) is 4.47. The van der Waals surface area contributed by atoms with Crippen LogP contribution in [0.3, 0.4) is 0 Å². The molecule has 2 rings (SSSR count). The Kier molecular flexibility index (Phi) is 2.35. The maximum atomic E-state index is 11.7. The van der Waals surface area contributed by atoms with Crippen molar-refractivity contribution in [1.29, 1.82) is 0 Å². The average Bonchev–Trinajstić information content (AvgIpc) is 2.41. The molecular weight excluding hydrogens is 244 g/mol. The molecule has 0 spiro atoms. The summed E-state index contributed by atoms with van der Waals surface area (Å²) in [5, 5.41) is 0. The van der Waals surface area contributed by atoms with Gasteiger partial charge in [-0.1, -0.05) is 6.92 Å². The molecule has 1 aliphatic carbocycles. The van der Waals surface area contributed by atoms with Gasteiger partial charge >= 0.3 is 0 Å². The lowest BCUT2D eigenvalue weighted by Crippen LogP contribution is -2.03. The highest BCUT2D eigenvalue weighted by atomic mass is 79.9. The molecule has 0 saturated carbocycles. The zero-order chi connectivity index (χ0) is 10.3.